The highest BCUT2D eigenvalue weighted by Gasteiger charge is 2.05. The molecule has 0 amide bonds. The molecule has 0 aliphatic carbocycles. The Morgan fingerprint density at radius 3 is 3.07 bits per heavy atom. The number of hydrogen-bond acceptors (Lipinski definition) is 3. The van der Waals surface area contributed by atoms with Crippen molar-refractivity contribution in [1.29, 1.82) is 0 Å². The van der Waals surface area contributed by atoms with Gasteiger partial charge in [0.1, 0.15) is 0 Å². The molecule has 2 aromatic rings. The monoisotopic (exact) mass is 284 g/mol. The molecule has 1 aromatic heterocycles. The van der Waals surface area contributed by atoms with Crippen LogP contribution in [0.2, 0.25) is 0 Å². The van der Waals surface area contributed by atoms with Crippen LogP contribution in [0.3, 0.4) is 0 Å². The van der Waals surface area contributed by atoms with Crippen LogP contribution in [0.25, 0.3) is 10.2 Å². The Bertz CT molecular complexity index is 465. The van der Waals surface area contributed by atoms with Gasteiger partial charge in [-0.15, -0.1) is 11.3 Å². The van der Waals surface area contributed by atoms with E-state index in [1.165, 1.54) is 9.71 Å². The van der Waals surface area contributed by atoms with Gasteiger partial charge >= 0.3 is 0 Å². The van der Waals surface area contributed by atoms with E-state index in [0.29, 0.717) is 0 Å². The summed E-state index contributed by atoms with van der Waals surface area (Å²) in [5.74, 6) is 0. The number of fused-ring (bicyclic) bond motifs is 1. The van der Waals surface area contributed by atoms with E-state index in [4.69, 9.17) is 5.73 Å². The second-order valence-corrected chi connectivity index (χ2v) is 5.77. The average Bonchev–Trinajstić information content (AvgIpc) is 2.56. The van der Waals surface area contributed by atoms with Crippen LogP contribution in [0, 0.1) is 0 Å². The van der Waals surface area contributed by atoms with Crippen molar-refractivity contribution >= 4 is 37.5 Å². The quantitative estimate of drug-likeness (QED) is 0.939. The van der Waals surface area contributed by atoms with Gasteiger partial charge in [0.2, 0.25) is 0 Å². The van der Waals surface area contributed by atoms with Gasteiger partial charge in [0, 0.05) is 16.9 Å². The van der Waals surface area contributed by atoms with Crippen molar-refractivity contribution in [2.75, 3.05) is 0 Å². The first-order valence-corrected chi connectivity index (χ1v) is 6.56. The lowest BCUT2D eigenvalue weighted by atomic mass is 10.2. The summed E-state index contributed by atoms with van der Waals surface area (Å²) >= 11 is 5.22. The Kier molecular flexibility index (Phi) is 3.38. The molecule has 0 fully saturated rings. The summed E-state index contributed by atoms with van der Waals surface area (Å²) in [5.41, 5.74) is 6.81. The van der Waals surface area contributed by atoms with Crippen LogP contribution >= 0.6 is 27.3 Å². The van der Waals surface area contributed by atoms with E-state index in [2.05, 4.69) is 27.0 Å². The van der Waals surface area contributed by atoms with Gasteiger partial charge in [-0.05, 0) is 31.5 Å². The van der Waals surface area contributed by atoms with Gasteiger partial charge in [0.25, 0.3) is 0 Å². The van der Waals surface area contributed by atoms with Crippen LogP contribution in [0.15, 0.2) is 22.7 Å². The van der Waals surface area contributed by atoms with Crippen molar-refractivity contribution in [2.45, 2.75) is 25.8 Å². The number of aryl methyl sites for hydroxylation is 1. The molecule has 1 heterocycles. The topological polar surface area (TPSA) is 38.9 Å². The molecule has 15 heavy (non-hydrogen) atoms. The van der Waals surface area contributed by atoms with Crippen LogP contribution < -0.4 is 5.73 Å². The third-order valence-corrected chi connectivity index (χ3v) is 3.78. The van der Waals surface area contributed by atoms with Crippen molar-refractivity contribution in [3.05, 3.63) is 27.7 Å². The highest BCUT2D eigenvalue weighted by atomic mass is 79.9. The molecule has 0 saturated heterocycles. The van der Waals surface area contributed by atoms with E-state index in [1.54, 1.807) is 11.3 Å². The fourth-order valence-electron chi connectivity index (χ4n) is 1.40. The molecule has 0 radical (unpaired) electrons. The minimum Gasteiger partial charge on any atom is -0.328 e. The summed E-state index contributed by atoms with van der Waals surface area (Å²) < 4.78 is 2.35. The standard InChI is InChI=1S/C11H13BrN2S/c1-7(13)2-5-11-14-9-4-3-8(12)6-10(9)15-11/h3-4,6-7H,2,5,13H2,1H3. The SMILES string of the molecule is CC(N)CCc1nc2ccc(Br)cc2s1. The number of rotatable bonds is 3. The Morgan fingerprint density at radius 2 is 2.33 bits per heavy atom. The number of hydrogen-bond donors (Lipinski definition) is 1. The molecule has 2 rings (SSSR count). The van der Waals surface area contributed by atoms with E-state index < -0.39 is 0 Å². The first-order chi connectivity index (χ1) is 7.15. The third kappa shape index (κ3) is 2.77. The van der Waals surface area contributed by atoms with Gasteiger partial charge in [-0.3, -0.25) is 0 Å². The molecule has 80 valence electrons. The maximum atomic E-state index is 5.73. The predicted molar refractivity (Wildman–Crippen MR) is 69.3 cm³/mol. The molecule has 0 bridgehead atoms. The normalized spacial score (nSPS) is 13.3. The number of thiazole rings is 1. The third-order valence-electron chi connectivity index (χ3n) is 2.21. The van der Waals surface area contributed by atoms with Crippen LogP contribution in [0.1, 0.15) is 18.4 Å². The lowest BCUT2D eigenvalue weighted by Crippen LogP contribution is -2.15. The molecule has 2 N–H and O–H groups in total. The number of nitrogens with zero attached hydrogens (tertiary/aromatic N) is 1. The lowest BCUT2D eigenvalue weighted by molar-refractivity contribution is 0.665. The van der Waals surface area contributed by atoms with E-state index in [9.17, 15) is 0 Å². The predicted octanol–water partition coefficient (Wildman–Crippen LogP) is 3.34. The van der Waals surface area contributed by atoms with Crippen LogP contribution in [-0.4, -0.2) is 11.0 Å². The van der Waals surface area contributed by atoms with Crippen molar-refractivity contribution in [1.82, 2.24) is 4.98 Å². The van der Waals surface area contributed by atoms with Gasteiger partial charge in [-0.2, -0.15) is 0 Å². The summed E-state index contributed by atoms with van der Waals surface area (Å²) in [6.45, 7) is 2.03. The Balaban J connectivity index is 2.23. The molecule has 0 saturated carbocycles. The van der Waals surface area contributed by atoms with Crippen LogP contribution in [0.5, 0.6) is 0 Å². The molecule has 0 aliphatic heterocycles. The highest BCUT2D eigenvalue weighted by molar-refractivity contribution is 9.10. The van der Waals surface area contributed by atoms with E-state index in [-0.39, 0.29) is 6.04 Å². The Labute approximate surface area is 102 Å². The molecule has 0 spiro atoms. The van der Waals surface area contributed by atoms with Crippen molar-refractivity contribution in [3.8, 4) is 0 Å². The Morgan fingerprint density at radius 1 is 1.53 bits per heavy atom. The number of nitrogens with two attached hydrogens (primary N) is 1. The summed E-state index contributed by atoms with van der Waals surface area (Å²) in [5, 5.41) is 1.18. The van der Waals surface area contributed by atoms with E-state index in [1.807, 2.05) is 19.1 Å². The van der Waals surface area contributed by atoms with Crippen LogP contribution in [-0.2, 0) is 6.42 Å². The van der Waals surface area contributed by atoms with Gasteiger partial charge < -0.3 is 5.73 Å². The maximum Gasteiger partial charge on any atom is 0.0939 e. The maximum absolute atomic E-state index is 5.73. The number of aromatic nitrogens is 1. The van der Waals surface area contributed by atoms with Crippen molar-refractivity contribution in [2.24, 2.45) is 5.73 Å². The molecule has 0 aliphatic rings. The molecular formula is C11H13BrN2S. The number of benzene rings is 1. The van der Waals surface area contributed by atoms with E-state index >= 15 is 0 Å². The second-order valence-electron chi connectivity index (χ2n) is 3.74. The van der Waals surface area contributed by atoms with Crippen molar-refractivity contribution < 1.29 is 0 Å². The summed E-state index contributed by atoms with van der Waals surface area (Å²) in [4.78, 5) is 4.57. The molecule has 1 aromatic carbocycles. The summed E-state index contributed by atoms with van der Waals surface area (Å²) in [7, 11) is 0. The average molecular weight is 285 g/mol. The summed E-state index contributed by atoms with van der Waals surface area (Å²) in [6.07, 6.45) is 1.98. The highest BCUT2D eigenvalue weighted by Crippen LogP contribution is 2.26. The lowest BCUT2D eigenvalue weighted by Gasteiger charge is -2.00. The zero-order valence-corrected chi connectivity index (χ0v) is 10.9. The zero-order valence-electron chi connectivity index (χ0n) is 8.53. The minimum absolute atomic E-state index is 0.253. The smallest absolute Gasteiger partial charge is 0.0939 e. The molecule has 2 nitrogen and oxygen atoms in total. The fourth-order valence-corrected chi connectivity index (χ4v) is 2.94. The molecule has 1 unspecified atom stereocenters. The van der Waals surface area contributed by atoms with Crippen LogP contribution in [0.4, 0.5) is 0 Å². The fraction of sp³-hybridized carbons (Fsp3) is 0.364. The zero-order chi connectivity index (χ0) is 10.8. The number of halogens is 1. The first-order valence-electron chi connectivity index (χ1n) is 4.95. The van der Waals surface area contributed by atoms with Crippen molar-refractivity contribution in [3.63, 3.8) is 0 Å². The van der Waals surface area contributed by atoms with Gasteiger partial charge in [-0.1, -0.05) is 15.9 Å². The van der Waals surface area contributed by atoms with E-state index in [0.717, 1.165) is 22.8 Å². The van der Waals surface area contributed by atoms with Gasteiger partial charge in [0.05, 0.1) is 15.2 Å². The Hall–Kier alpha value is -0.450. The first kappa shape index (κ1) is 11.0. The second kappa shape index (κ2) is 4.60. The minimum atomic E-state index is 0.253. The molecular weight excluding hydrogens is 272 g/mol. The molecule has 4 heteroatoms. The van der Waals surface area contributed by atoms with Gasteiger partial charge in [0.15, 0.2) is 0 Å². The van der Waals surface area contributed by atoms with Gasteiger partial charge in [-0.25, -0.2) is 4.98 Å². The largest absolute Gasteiger partial charge is 0.328 e. The molecule has 1 atom stereocenters. The summed E-state index contributed by atoms with van der Waals surface area (Å²) in [6, 6.07) is 6.44.